The molecule has 0 saturated heterocycles. The summed E-state index contributed by atoms with van der Waals surface area (Å²) in [5.74, 6) is 3.42. The van der Waals surface area contributed by atoms with Crippen LogP contribution < -0.4 is 9.47 Å². The summed E-state index contributed by atoms with van der Waals surface area (Å²) in [4.78, 5) is 0. The van der Waals surface area contributed by atoms with E-state index in [0.717, 1.165) is 44.9 Å². The number of fused-ring (bicyclic) bond motifs is 1. The molecule has 4 aromatic carbocycles. The van der Waals surface area contributed by atoms with Gasteiger partial charge in [-0.15, -0.1) is 0 Å². The van der Waals surface area contributed by atoms with E-state index in [1.54, 1.807) is 0 Å². The van der Waals surface area contributed by atoms with Gasteiger partial charge < -0.3 is 9.47 Å². The minimum Gasteiger partial charge on any atom is -0.456 e. The van der Waals surface area contributed by atoms with Crippen molar-refractivity contribution < 1.29 is 9.47 Å². The SMILES string of the molecule is Cc1c(C)c(Oc2ccccc2)c2ccccc2c1Oc1ccccc1. The molecule has 0 amide bonds. The first-order valence-corrected chi connectivity index (χ1v) is 8.72. The minimum absolute atomic E-state index is 0.830. The van der Waals surface area contributed by atoms with Crippen LogP contribution in [0.5, 0.6) is 23.0 Å². The first kappa shape index (κ1) is 16.2. The van der Waals surface area contributed by atoms with Crippen molar-refractivity contribution in [1.82, 2.24) is 0 Å². The second kappa shape index (κ2) is 6.93. The highest BCUT2D eigenvalue weighted by atomic mass is 16.5. The summed E-state index contributed by atoms with van der Waals surface area (Å²) in [6.07, 6.45) is 0. The van der Waals surface area contributed by atoms with E-state index in [-0.39, 0.29) is 0 Å². The molecule has 0 heterocycles. The molecule has 0 aliphatic rings. The van der Waals surface area contributed by atoms with Crippen molar-refractivity contribution in [1.29, 1.82) is 0 Å². The van der Waals surface area contributed by atoms with E-state index in [1.165, 1.54) is 0 Å². The van der Waals surface area contributed by atoms with E-state index >= 15 is 0 Å². The van der Waals surface area contributed by atoms with Crippen LogP contribution in [0.3, 0.4) is 0 Å². The summed E-state index contributed by atoms with van der Waals surface area (Å²) in [5, 5.41) is 2.09. The van der Waals surface area contributed by atoms with Crippen LogP contribution in [0.25, 0.3) is 10.8 Å². The molecule has 26 heavy (non-hydrogen) atoms. The molecule has 0 saturated carbocycles. The van der Waals surface area contributed by atoms with Gasteiger partial charge >= 0.3 is 0 Å². The molecule has 128 valence electrons. The summed E-state index contributed by atoms with van der Waals surface area (Å²) in [6.45, 7) is 4.16. The number of benzene rings is 4. The Labute approximate surface area is 153 Å². The predicted molar refractivity (Wildman–Crippen MR) is 106 cm³/mol. The van der Waals surface area contributed by atoms with Crippen LogP contribution in [0.4, 0.5) is 0 Å². The maximum absolute atomic E-state index is 6.25. The highest BCUT2D eigenvalue weighted by molar-refractivity contribution is 5.96. The summed E-state index contributed by atoms with van der Waals surface area (Å²) in [5.41, 5.74) is 2.16. The third-order valence-corrected chi connectivity index (χ3v) is 4.59. The molecule has 4 aromatic rings. The van der Waals surface area contributed by atoms with Crippen LogP contribution in [0, 0.1) is 13.8 Å². The largest absolute Gasteiger partial charge is 0.456 e. The summed E-state index contributed by atoms with van der Waals surface area (Å²) in [6, 6.07) is 28.0. The summed E-state index contributed by atoms with van der Waals surface area (Å²) < 4.78 is 12.5. The molecule has 4 rings (SSSR count). The molecule has 0 bridgehead atoms. The molecule has 0 aromatic heterocycles. The zero-order chi connectivity index (χ0) is 17.9. The van der Waals surface area contributed by atoms with Crippen LogP contribution >= 0.6 is 0 Å². The van der Waals surface area contributed by atoms with Gasteiger partial charge in [0.1, 0.15) is 23.0 Å². The average Bonchev–Trinajstić information content (AvgIpc) is 2.70. The standard InChI is InChI=1S/C24H20O2/c1-17-18(2)24(26-20-13-7-4-8-14-20)22-16-10-9-15-21(22)23(17)25-19-11-5-3-6-12-19/h3-16H,1-2H3. The molecular weight excluding hydrogens is 320 g/mol. The molecular formula is C24H20O2. The van der Waals surface area contributed by atoms with Crippen molar-refractivity contribution in [2.24, 2.45) is 0 Å². The number of ether oxygens (including phenoxy) is 2. The lowest BCUT2D eigenvalue weighted by atomic mass is 9.99. The van der Waals surface area contributed by atoms with Gasteiger partial charge in [-0.05, 0) is 49.2 Å². The smallest absolute Gasteiger partial charge is 0.138 e. The van der Waals surface area contributed by atoms with Crippen LogP contribution in [0.1, 0.15) is 11.1 Å². The third-order valence-electron chi connectivity index (χ3n) is 4.59. The highest BCUT2D eigenvalue weighted by Crippen LogP contribution is 2.43. The van der Waals surface area contributed by atoms with Gasteiger partial charge in [0.15, 0.2) is 0 Å². The monoisotopic (exact) mass is 340 g/mol. The Morgan fingerprint density at radius 1 is 0.462 bits per heavy atom. The van der Waals surface area contributed by atoms with E-state index in [9.17, 15) is 0 Å². The Morgan fingerprint density at radius 3 is 1.19 bits per heavy atom. The predicted octanol–water partition coefficient (Wildman–Crippen LogP) is 7.04. The molecule has 0 spiro atoms. The van der Waals surface area contributed by atoms with Crippen LogP contribution in [-0.4, -0.2) is 0 Å². The van der Waals surface area contributed by atoms with E-state index in [0.29, 0.717) is 0 Å². The fourth-order valence-electron chi connectivity index (χ4n) is 3.10. The molecule has 0 aliphatic carbocycles. The van der Waals surface area contributed by atoms with Crippen LogP contribution in [0.2, 0.25) is 0 Å². The fourth-order valence-corrected chi connectivity index (χ4v) is 3.10. The van der Waals surface area contributed by atoms with E-state index < -0.39 is 0 Å². The maximum atomic E-state index is 6.25. The topological polar surface area (TPSA) is 18.5 Å². The Balaban J connectivity index is 1.87. The molecule has 0 radical (unpaired) electrons. The molecule has 0 unspecified atom stereocenters. The van der Waals surface area contributed by atoms with E-state index in [2.05, 4.69) is 26.0 Å². The molecule has 0 fully saturated rings. The third kappa shape index (κ3) is 3.02. The number of hydrogen-bond acceptors (Lipinski definition) is 2. The van der Waals surface area contributed by atoms with Crippen molar-refractivity contribution in [3.63, 3.8) is 0 Å². The Kier molecular flexibility index (Phi) is 4.32. The normalized spacial score (nSPS) is 10.7. The average molecular weight is 340 g/mol. The number of para-hydroxylation sites is 2. The van der Waals surface area contributed by atoms with Crippen molar-refractivity contribution in [3.05, 3.63) is 96.1 Å². The van der Waals surface area contributed by atoms with Gasteiger partial charge in [0, 0.05) is 10.8 Å². The lowest BCUT2D eigenvalue weighted by Crippen LogP contribution is -1.97. The van der Waals surface area contributed by atoms with Gasteiger partial charge in [0.25, 0.3) is 0 Å². The molecule has 2 nitrogen and oxygen atoms in total. The van der Waals surface area contributed by atoms with Crippen molar-refractivity contribution in [2.75, 3.05) is 0 Å². The van der Waals surface area contributed by atoms with Gasteiger partial charge in [-0.25, -0.2) is 0 Å². The van der Waals surface area contributed by atoms with Crippen molar-refractivity contribution in [2.45, 2.75) is 13.8 Å². The van der Waals surface area contributed by atoms with E-state index in [1.807, 2.05) is 72.8 Å². The van der Waals surface area contributed by atoms with Crippen molar-refractivity contribution >= 4 is 10.8 Å². The second-order valence-corrected chi connectivity index (χ2v) is 6.28. The van der Waals surface area contributed by atoms with Gasteiger partial charge in [-0.1, -0.05) is 60.7 Å². The maximum Gasteiger partial charge on any atom is 0.138 e. The van der Waals surface area contributed by atoms with Gasteiger partial charge in [0.05, 0.1) is 0 Å². The minimum atomic E-state index is 0.830. The molecule has 2 heteroatoms. The number of hydrogen-bond donors (Lipinski definition) is 0. The van der Waals surface area contributed by atoms with Crippen LogP contribution in [-0.2, 0) is 0 Å². The Hall–Kier alpha value is -3.26. The summed E-state index contributed by atoms with van der Waals surface area (Å²) in [7, 11) is 0. The number of rotatable bonds is 4. The lowest BCUT2D eigenvalue weighted by molar-refractivity contribution is 0.471. The Morgan fingerprint density at radius 2 is 0.808 bits per heavy atom. The zero-order valence-electron chi connectivity index (χ0n) is 14.9. The first-order valence-electron chi connectivity index (χ1n) is 8.72. The van der Waals surface area contributed by atoms with Gasteiger partial charge in [-0.3, -0.25) is 0 Å². The quantitative estimate of drug-likeness (QED) is 0.396. The molecule has 0 atom stereocenters. The Bertz CT molecular complexity index is 952. The van der Waals surface area contributed by atoms with Gasteiger partial charge in [-0.2, -0.15) is 0 Å². The lowest BCUT2D eigenvalue weighted by Gasteiger charge is -2.19. The molecule has 0 aliphatic heterocycles. The fraction of sp³-hybridized carbons (Fsp3) is 0.0833. The zero-order valence-corrected chi connectivity index (χ0v) is 14.9. The first-order chi connectivity index (χ1) is 12.7. The van der Waals surface area contributed by atoms with Crippen LogP contribution in [0.15, 0.2) is 84.9 Å². The van der Waals surface area contributed by atoms with Crippen molar-refractivity contribution in [3.8, 4) is 23.0 Å². The highest BCUT2D eigenvalue weighted by Gasteiger charge is 2.17. The summed E-state index contributed by atoms with van der Waals surface area (Å²) >= 11 is 0. The second-order valence-electron chi connectivity index (χ2n) is 6.28. The van der Waals surface area contributed by atoms with E-state index in [4.69, 9.17) is 9.47 Å². The molecule has 0 N–H and O–H groups in total. The van der Waals surface area contributed by atoms with Gasteiger partial charge in [0.2, 0.25) is 0 Å².